The van der Waals surface area contributed by atoms with Crippen molar-refractivity contribution in [2.45, 2.75) is 44.2 Å². The van der Waals surface area contributed by atoms with Gasteiger partial charge in [-0.05, 0) is 50.0 Å². The van der Waals surface area contributed by atoms with Crippen molar-refractivity contribution in [1.29, 1.82) is 0 Å². The van der Waals surface area contributed by atoms with Crippen molar-refractivity contribution in [3.05, 3.63) is 46.7 Å². The van der Waals surface area contributed by atoms with Gasteiger partial charge in [0.15, 0.2) is 11.4 Å². The number of rotatable bonds is 5. The molecule has 1 heterocycles. The average Bonchev–Trinajstić information content (AvgIpc) is 3.04. The molecule has 1 atom stereocenters. The maximum Gasteiger partial charge on any atom is 0.179 e. The Balaban J connectivity index is 1.99. The first-order chi connectivity index (χ1) is 11.1. The van der Waals surface area contributed by atoms with Gasteiger partial charge in [-0.3, -0.25) is 0 Å². The van der Waals surface area contributed by atoms with Gasteiger partial charge < -0.3 is 10.0 Å². The van der Waals surface area contributed by atoms with Crippen LogP contribution in [0, 0.1) is 5.92 Å². The number of aliphatic hydroxyl groups is 1. The van der Waals surface area contributed by atoms with Crippen molar-refractivity contribution in [2.75, 3.05) is 14.1 Å². The average molecular weight is 331 g/mol. The molecular weight excluding hydrogens is 306 g/mol. The second-order valence-electron chi connectivity index (χ2n) is 6.72. The highest BCUT2D eigenvalue weighted by Gasteiger charge is 2.43. The Labute approximate surface area is 142 Å². The van der Waals surface area contributed by atoms with E-state index in [2.05, 4.69) is 14.3 Å². The SMILES string of the molecule is CN(C)Cc1nc([C@@](O)(c2ccccc2)C2CCCCC2)ns1. The lowest BCUT2D eigenvalue weighted by atomic mass is 9.73. The molecule has 2 aromatic rings. The van der Waals surface area contributed by atoms with Gasteiger partial charge in [0.2, 0.25) is 0 Å². The van der Waals surface area contributed by atoms with E-state index in [1.54, 1.807) is 0 Å². The zero-order chi connectivity index (χ0) is 16.3. The smallest absolute Gasteiger partial charge is 0.179 e. The molecule has 1 aromatic carbocycles. The molecule has 0 bridgehead atoms. The topological polar surface area (TPSA) is 49.2 Å². The zero-order valence-electron chi connectivity index (χ0n) is 13.9. The van der Waals surface area contributed by atoms with Crippen molar-refractivity contribution in [3.8, 4) is 0 Å². The van der Waals surface area contributed by atoms with Crippen LogP contribution in [0.4, 0.5) is 0 Å². The summed E-state index contributed by atoms with van der Waals surface area (Å²) in [5.41, 5.74) is -0.149. The maximum atomic E-state index is 11.7. The Hall–Kier alpha value is -1.30. The van der Waals surface area contributed by atoms with Gasteiger partial charge in [0.25, 0.3) is 0 Å². The van der Waals surface area contributed by atoms with Gasteiger partial charge in [-0.1, -0.05) is 49.6 Å². The van der Waals surface area contributed by atoms with Gasteiger partial charge in [0, 0.05) is 0 Å². The Morgan fingerprint density at radius 1 is 1.17 bits per heavy atom. The summed E-state index contributed by atoms with van der Waals surface area (Å²) in [6, 6.07) is 9.95. The quantitative estimate of drug-likeness (QED) is 0.912. The second kappa shape index (κ2) is 7.07. The van der Waals surface area contributed by atoms with E-state index in [1.807, 2.05) is 44.4 Å². The molecule has 5 heteroatoms. The number of hydrogen-bond acceptors (Lipinski definition) is 5. The van der Waals surface area contributed by atoms with Crippen LogP contribution in [0.25, 0.3) is 0 Å². The number of nitrogens with zero attached hydrogens (tertiary/aromatic N) is 3. The molecule has 1 aliphatic rings. The van der Waals surface area contributed by atoms with Crippen LogP contribution in [0.5, 0.6) is 0 Å². The van der Waals surface area contributed by atoms with Gasteiger partial charge in [0.05, 0.1) is 6.54 Å². The molecule has 1 saturated carbocycles. The molecule has 1 aromatic heterocycles. The number of aromatic nitrogens is 2. The Bertz CT molecular complexity index is 622. The summed E-state index contributed by atoms with van der Waals surface area (Å²) in [7, 11) is 4.04. The fourth-order valence-corrected chi connectivity index (χ4v) is 4.32. The lowest BCUT2D eigenvalue weighted by Crippen LogP contribution is -2.38. The Morgan fingerprint density at radius 2 is 1.87 bits per heavy atom. The van der Waals surface area contributed by atoms with Crippen molar-refractivity contribution < 1.29 is 5.11 Å². The van der Waals surface area contributed by atoms with Crippen LogP contribution in [0.15, 0.2) is 30.3 Å². The second-order valence-corrected chi connectivity index (χ2v) is 7.55. The van der Waals surface area contributed by atoms with Crippen molar-refractivity contribution >= 4 is 11.5 Å². The molecule has 23 heavy (non-hydrogen) atoms. The van der Waals surface area contributed by atoms with Crippen molar-refractivity contribution in [2.24, 2.45) is 5.92 Å². The maximum absolute atomic E-state index is 11.7. The lowest BCUT2D eigenvalue weighted by molar-refractivity contribution is -0.00759. The first-order valence-corrected chi connectivity index (χ1v) is 9.13. The van der Waals surface area contributed by atoms with Crippen LogP contribution in [-0.2, 0) is 12.1 Å². The summed E-state index contributed by atoms with van der Waals surface area (Å²) in [4.78, 5) is 6.77. The molecule has 1 fully saturated rings. The third-order valence-electron chi connectivity index (χ3n) is 4.67. The highest BCUT2D eigenvalue weighted by atomic mass is 32.1. The molecule has 0 amide bonds. The molecule has 3 rings (SSSR count). The van der Waals surface area contributed by atoms with Crippen molar-refractivity contribution in [3.63, 3.8) is 0 Å². The molecule has 4 nitrogen and oxygen atoms in total. The molecule has 0 spiro atoms. The summed E-state index contributed by atoms with van der Waals surface area (Å²) < 4.78 is 4.55. The molecule has 0 aliphatic heterocycles. The van der Waals surface area contributed by atoms with Crippen LogP contribution in [-0.4, -0.2) is 33.5 Å². The molecule has 1 N–H and O–H groups in total. The van der Waals surface area contributed by atoms with E-state index in [0.717, 1.165) is 30.0 Å². The van der Waals surface area contributed by atoms with Crippen LogP contribution in [0.2, 0.25) is 0 Å². The van der Waals surface area contributed by atoms with E-state index >= 15 is 0 Å². The first kappa shape index (κ1) is 16.6. The normalized spacial score (nSPS) is 19.0. The van der Waals surface area contributed by atoms with Gasteiger partial charge in [-0.25, -0.2) is 4.98 Å². The highest BCUT2D eigenvalue weighted by molar-refractivity contribution is 7.05. The Morgan fingerprint density at radius 3 is 2.52 bits per heavy atom. The summed E-state index contributed by atoms with van der Waals surface area (Å²) in [6.07, 6.45) is 5.68. The fraction of sp³-hybridized carbons (Fsp3) is 0.556. The van der Waals surface area contributed by atoms with Gasteiger partial charge >= 0.3 is 0 Å². The molecule has 0 saturated heterocycles. The molecular formula is C18H25N3OS. The summed E-state index contributed by atoms with van der Waals surface area (Å²) in [5, 5.41) is 12.6. The minimum absolute atomic E-state index is 0.195. The van der Waals surface area contributed by atoms with Crippen molar-refractivity contribution in [1.82, 2.24) is 14.3 Å². The largest absolute Gasteiger partial charge is 0.377 e. The van der Waals surface area contributed by atoms with Crippen LogP contribution in [0.1, 0.15) is 48.5 Å². The van der Waals surface area contributed by atoms with E-state index in [1.165, 1.54) is 30.8 Å². The minimum atomic E-state index is -1.07. The molecule has 1 aliphatic carbocycles. The van der Waals surface area contributed by atoms with E-state index in [9.17, 15) is 5.11 Å². The Kier molecular flexibility index (Phi) is 5.09. The fourth-order valence-electron chi connectivity index (χ4n) is 3.50. The minimum Gasteiger partial charge on any atom is -0.377 e. The van der Waals surface area contributed by atoms with E-state index in [0.29, 0.717) is 5.82 Å². The molecule has 0 unspecified atom stereocenters. The third kappa shape index (κ3) is 3.47. The van der Waals surface area contributed by atoms with Gasteiger partial charge in [0.1, 0.15) is 5.01 Å². The van der Waals surface area contributed by atoms with E-state index in [4.69, 9.17) is 0 Å². The van der Waals surface area contributed by atoms with Crippen LogP contribution >= 0.6 is 11.5 Å². The monoisotopic (exact) mass is 331 g/mol. The summed E-state index contributed by atoms with van der Waals surface area (Å²) >= 11 is 1.40. The van der Waals surface area contributed by atoms with E-state index < -0.39 is 5.60 Å². The van der Waals surface area contributed by atoms with Gasteiger partial charge in [-0.15, -0.1) is 0 Å². The lowest BCUT2D eigenvalue weighted by Gasteiger charge is -2.37. The number of hydrogen-bond donors (Lipinski definition) is 1. The van der Waals surface area contributed by atoms with Crippen LogP contribution in [0.3, 0.4) is 0 Å². The molecule has 0 radical (unpaired) electrons. The summed E-state index contributed by atoms with van der Waals surface area (Å²) in [6.45, 7) is 0.757. The predicted molar refractivity (Wildman–Crippen MR) is 93.3 cm³/mol. The first-order valence-electron chi connectivity index (χ1n) is 8.36. The standard InChI is InChI=1S/C18H25N3OS/c1-21(2)13-16-19-17(20-23-16)18(22,14-9-5-3-6-10-14)15-11-7-4-8-12-15/h3,5-6,9-10,15,22H,4,7-8,11-13H2,1-2H3/t18-/m1/s1. The third-order valence-corrected chi connectivity index (χ3v) is 5.37. The zero-order valence-corrected chi connectivity index (χ0v) is 14.7. The predicted octanol–water partition coefficient (Wildman–Crippen LogP) is 3.42. The number of benzene rings is 1. The van der Waals surface area contributed by atoms with Gasteiger partial charge in [-0.2, -0.15) is 4.37 Å². The molecule has 124 valence electrons. The van der Waals surface area contributed by atoms with Crippen LogP contribution < -0.4 is 0 Å². The summed E-state index contributed by atoms with van der Waals surface area (Å²) in [5.74, 6) is 0.776. The highest BCUT2D eigenvalue weighted by Crippen LogP contribution is 2.43. The van der Waals surface area contributed by atoms with E-state index in [-0.39, 0.29) is 5.92 Å².